The molecule has 0 bridgehead atoms. The number of benzene rings is 4. The second kappa shape index (κ2) is 14.2. The number of hydrogen-bond donors (Lipinski definition) is 3. The van der Waals surface area contributed by atoms with Gasteiger partial charge in [0.1, 0.15) is 11.5 Å². The number of fused-ring (bicyclic) bond motifs is 1. The first-order valence-electron chi connectivity index (χ1n) is 12.7. The number of nitrogens with zero attached hydrogens (tertiary/aromatic N) is 1. The zero-order valence-corrected chi connectivity index (χ0v) is 22.5. The van der Waals surface area contributed by atoms with Crippen LogP contribution in [0.15, 0.2) is 109 Å². The van der Waals surface area contributed by atoms with Gasteiger partial charge in [-0.05, 0) is 59.7 Å². The van der Waals surface area contributed by atoms with Crippen LogP contribution in [0.5, 0.6) is 23.0 Å². The van der Waals surface area contributed by atoms with Crippen molar-refractivity contribution in [3.05, 3.63) is 121 Å². The molecule has 1 heterocycles. The van der Waals surface area contributed by atoms with E-state index in [0.717, 1.165) is 50.6 Å². The number of urea groups is 1. The van der Waals surface area contributed by atoms with Crippen LogP contribution >= 0.6 is 0 Å². The first-order valence-corrected chi connectivity index (χ1v) is 12.7. The fraction of sp³-hybridized carbons (Fsp3) is 0.125. The normalized spacial score (nSPS) is 10.2. The molecule has 4 aromatic carbocycles. The standard InChI is InChI=1S/C23H19N3O2.C9H13NO2/c27-23(26-22-11-5-7-18-16-24-13-12-21(18)22)25-15-17-6-4-10-20(14-17)28-19-8-2-1-3-9-19;1-11-8-4-3-7(6-10)5-9(8)12-2/h1-14,16H,15H2,(H2,25,26,27);3-5H,6,10H2,1-2H3. The molecule has 0 unspecified atom stereocenters. The number of nitrogens with one attached hydrogen (secondary N) is 2. The molecular weight excluding hydrogens is 504 g/mol. The maximum absolute atomic E-state index is 12.3. The van der Waals surface area contributed by atoms with Crippen LogP contribution in [-0.2, 0) is 13.1 Å². The molecule has 0 aliphatic rings. The molecule has 0 saturated heterocycles. The van der Waals surface area contributed by atoms with Gasteiger partial charge in [-0.2, -0.15) is 0 Å². The van der Waals surface area contributed by atoms with Crippen LogP contribution in [0.4, 0.5) is 10.5 Å². The molecule has 8 nitrogen and oxygen atoms in total. The molecule has 0 spiro atoms. The van der Waals surface area contributed by atoms with Crippen LogP contribution in [0, 0.1) is 0 Å². The number of pyridine rings is 1. The van der Waals surface area contributed by atoms with Crippen LogP contribution in [0.2, 0.25) is 0 Å². The molecule has 0 saturated carbocycles. The van der Waals surface area contributed by atoms with Crippen molar-refractivity contribution in [1.29, 1.82) is 0 Å². The smallest absolute Gasteiger partial charge is 0.319 e. The van der Waals surface area contributed by atoms with E-state index < -0.39 is 0 Å². The highest BCUT2D eigenvalue weighted by molar-refractivity contribution is 6.01. The van der Waals surface area contributed by atoms with E-state index in [2.05, 4.69) is 15.6 Å². The number of nitrogens with two attached hydrogens (primary N) is 1. The Labute approximate surface area is 233 Å². The predicted octanol–water partition coefficient (Wildman–Crippen LogP) is 6.51. The highest BCUT2D eigenvalue weighted by Gasteiger charge is 2.06. The lowest BCUT2D eigenvalue weighted by atomic mass is 10.1. The number of amides is 2. The van der Waals surface area contributed by atoms with Crippen molar-refractivity contribution >= 4 is 22.5 Å². The molecule has 2 amide bonds. The fourth-order valence-electron chi connectivity index (χ4n) is 3.93. The number of rotatable bonds is 8. The van der Waals surface area contributed by atoms with Gasteiger partial charge in [-0.25, -0.2) is 4.79 Å². The predicted molar refractivity (Wildman–Crippen MR) is 158 cm³/mol. The minimum absolute atomic E-state index is 0.265. The Morgan fingerprint density at radius 2 is 1.57 bits per heavy atom. The van der Waals surface area contributed by atoms with Crippen molar-refractivity contribution in [2.24, 2.45) is 5.73 Å². The Bertz CT molecular complexity index is 1540. The van der Waals surface area contributed by atoms with E-state index in [0.29, 0.717) is 13.1 Å². The number of ether oxygens (including phenoxy) is 3. The molecule has 1 aromatic heterocycles. The SMILES string of the molecule is COc1ccc(CN)cc1OC.O=C(NCc1cccc(Oc2ccccc2)c1)Nc1cccc2cnccc12. The van der Waals surface area contributed by atoms with Crippen molar-refractivity contribution in [2.45, 2.75) is 13.1 Å². The Morgan fingerprint density at radius 3 is 2.35 bits per heavy atom. The average molecular weight is 537 g/mol. The van der Waals surface area contributed by atoms with Crippen molar-refractivity contribution < 1.29 is 19.0 Å². The van der Waals surface area contributed by atoms with E-state index in [9.17, 15) is 4.79 Å². The van der Waals surface area contributed by atoms with Crippen molar-refractivity contribution in [3.63, 3.8) is 0 Å². The van der Waals surface area contributed by atoms with Gasteiger partial charge in [0, 0.05) is 36.3 Å². The lowest BCUT2D eigenvalue weighted by molar-refractivity contribution is 0.251. The van der Waals surface area contributed by atoms with Gasteiger partial charge in [0.15, 0.2) is 11.5 Å². The monoisotopic (exact) mass is 536 g/mol. The van der Waals surface area contributed by atoms with Gasteiger partial charge in [-0.1, -0.05) is 48.5 Å². The number of anilines is 1. The first-order chi connectivity index (χ1) is 19.6. The minimum Gasteiger partial charge on any atom is -0.493 e. The molecule has 40 heavy (non-hydrogen) atoms. The Morgan fingerprint density at radius 1 is 0.800 bits per heavy atom. The summed E-state index contributed by atoms with van der Waals surface area (Å²) in [7, 11) is 3.22. The van der Waals surface area contributed by atoms with E-state index >= 15 is 0 Å². The Hall–Kier alpha value is -5.08. The molecule has 0 radical (unpaired) electrons. The van der Waals surface area contributed by atoms with Crippen LogP contribution in [0.3, 0.4) is 0 Å². The van der Waals surface area contributed by atoms with E-state index in [1.165, 1.54) is 0 Å². The van der Waals surface area contributed by atoms with E-state index in [1.54, 1.807) is 26.6 Å². The van der Waals surface area contributed by atoms with E-state index in [-0.39, 0.29) is 6.03 Å². The molecule has 0 aliphatic heterocycles. The maximum atomic E-state index is 12.3. The molecule has 4 N–H and O–H groups in total. The lowest BCUT2D eigenvalue weighted by Gasteiger charge is -2.11. The molecule has 8 heteroatoms. The molecule has 5 rings (SSSR count). The fourth-order valence-corrected chi connectivity index (χ4v) is 3.93. The average Bonchev–Trinajstić information content (AvgIpc) is 3.01. The van der Waals surface area contributed by atoms with Crippen LogP contribution in [0.1, 0.15) is 11.1 Å². The second-order valence-corrected chi connectivity index (χ2v) is 8.67. The van der Waals surface area contributed by atoms with Crippen LogP contribution in [0.25, 0.3) is 10.8 Å². The molecule has 0 aliphatic carbocycles. The number of para-hydroxylation sites is 1. The van der Waals surface area contributed by atoms with Gasteiger partial charge >= 0.3 is 6.03 Å². The van der Waals surface area contributed by atoms with Crippen molar-refractivity contribution in [3.8, 4) is 23.0 Å². The van der Waals surface area contributed by atoms with E-state index in [1.807, 2.05) is 97.1 Å². The van der Waals surface area contributed by atoms with Crippen LogP contribution in [-0.4, -0.2) is 25.2 Å². The summed E-state index contributed by atoms with van der Waals surface area (Å²) in [5, 5.41) is 7.71. The summed E-state index contributed by atoms with van der Waals surface area (Å²) in [6.45, 7) is 0.907. The maximum Gasteiger partial charge on any atom is 0.319 e. The summed E-state index contributed by atoms with van der Waals surface area (Å²) in [5.74, 6) is 2.96. The summed E-state index contributed by atoms with van der Waals surface area (Å²) in [6, 6.07) is 30.2. The number of aromatic nitrogens is 1. The Balaban J connectivity index is 0.000000259. The van der Waals surface area contributed by atoms with Gasteiger partial charge in [0.05, 0.1) is 19.9 Å². The molecular formula is C32H32N4O4. The third-order valence-electron chi connectivity index (χ3n) is 5.94. The number of methoxy groups -OCH3 is 2. The highest BCUT2D eigenvalue weighted by atomic mass is 16.5. The number of carbonyl (C=O) groups excluding carboxylic acids is 1. The summed E-state index contributed by atoms with van der Waals surface area (Å²) in [6.07, 6.45) is 3.49. The summed E-state index contributed by atoms with van der Waals surface area (Å²) in [4.78, 5) is 16.4. The zero-order chi connectivity index (χ0) is 28.2. The Kier molecular flexibility index (Phi) is 9.90. The summed E-state index contributed by atoms with van der Waals surface area (Å²) < 4.78 is 16.0. The van der Waals surface area contributed by atoms with Crippen LogP contribution < -0.4 is 30.6 Å². The molecule has 5 aromatic rings. The van der Waals surface area contributed by atoms with Gasteiger partial charge in [-0.3, -0.25) is 4.98 Å². The highest BCUT2D eigenvalue weighted by Crippen LogP contribution is 2.27. The van der Waals surface area contributed by atoms with Crippen molar-refractivity contribution in [1.82, 2.24) is 10.3 Å². The minimum atomic E-state index is -0.265. The van der Waals surface area contributed by atoms with Gasteiger partial charge < -0.3 is 30.6 Å². The third kappa shape index (κ3) is 7.72. The van der Waals surface area contributed by atoms with Crippen molar-refractivity contribution in [2.75, 3.05) is 19.5 Å². The topological polar surface area (TPSA) is 108 Å². The molecule has 0 fully saturated rings. The zero-order valence-electron chi connectivity index (χ0n) is 22.5. The van der Waals surface area contributed by atoms with Gasteiger partial charge in [0.25, 0.3) is 0 Å². The lowest BCUT2D eigenvalue weighted by Crippen LogP contribution is -2.28. The summed E-state index contributed by atoms with van der Waals surface area (Å²) >= 11 is 0. The van der Waals surface area contributed by atoms with E-state index in [4.69, 9.17) is 19.9 Å². The first kappa shape index (κ1) is 27.9. The summed E-state index contributed by atoms with van der Waals surface area (Å²) in [5.41, 5.74) is 8.20. The quantitative estimate of drug-likeness (QED) is 0.209. The number of hydrogen-bond acceptors (Lipinski definition) is 6. The molecule has 204 valence electrons. The number of carbonyl (C=O) groups is 1. The van der Waals surface area contributed by atoms with Gasteiger partial charge in [-0.15, -0.1) is 0 Å². The van der Waals surface area contributed by atoms with Gasteiger partial charge in [0.2, 0.25) is 0 Å². The third-order valence-corrected chi connectivity index (χ3v) is 5.94. The second-order valence-electron chi connectivity index (χ2n) is 8.67. The largest absolute Gasteiger partial charge is 0.493 e. The molecule has 0 atom stereocenters.